The second-order valence-electron chi connectivity index (χ2n) is 7.23. The molecule has 0 saturated carbocycles. The summed E-state index contributed by atoms with van der Waals surface area (Å²) in [4.78, 5) is 27.0. The maximum absolute atomic E-state index is 12.7. The molecule has 0 aliphatic carbocycles. The van der Waals surface area contributed by atoms with E-state index in [0.717, 1.165) is 19.3 Å². The summed E-state index contributed by atoms with van der Waals surface area (Å²) >= 11 is 7.18. The molecule has 1 aliphatic heterocycles. The normalized spacial score (nSPS) is 15.6. The molecular formula is C22H22ClN5O2S. The Hall–Kier alpha value is -2.97. The number of anilines is 1. The summed E-state index contributed by atoms with van der Waals surface area (Å²) in [6.45, 7) is 1.22. The van der Waals surface area contributed by atoms with Gasteiger partial charge in [0, 0.05) is 23.8 Å². The average Bonchev–Trinajstić information content (AvgIpc) is 3.44. The summed E-state index contributed by atoms with van der Waals surface area (Å²) < 4.78 is 0. The van der Waals surface area contributed by atoms with Crippen LogP contribution in [0.4, 0.5) is 10.5 Å². The topological polar surface area (TPSA) is 87.2 Å². The zero-order valence-corrected chi connectivity index (χ0v) is 18.3. The Morgan fingerprint density at radius 1 is 1.13 bits per heavy atom. The van der Waals surface area contributed by atoms with Crippen LogP contribution in [0.3, 0.4) is 0 Å². The predicted octanol–water partition coefficient (Wildman–Crippen LogP) is 4.53. The Bertz CT molecular complexity index is 1060. The van der Waals surface area contributed by atoms with Crippen LogP contribution < -0.4 is 10.6 Å². The average molecular weight is 456 g/mol. The van der Waals surface area contributed by atoms with E-state index in [1.165, 1.54) is 16.9 Å². The molecule has 4 rings (SSSR count). The van der Waals surface area contributed by atoms with Crippen molar-refractivity contribution in [2.75, 3.05) is 18.4 Å². The summed E-state index contributed by atoms with van der Waals surface area (Å²) in [5.74, 6) is -0.345. The molecule has 0 spiro atoms. The summed E-state index contributed by atoms with van der Waals surface area (Å²) in [5.41, 5.74) is 1.77. The predicted molar refractivity (Wildman–Crippen MR) is 122 cm³/mol. The fourth-order valence-electron chi connectivity index (χ4n) is 3.54. The van der Waals surface area contributed by atoms with Crippen molar-refractivity contribution in [3.05, 3.63) is 75.2 Å². The van der Waals surface area contributed by atoms with Gasteiger partial charge in [-0.05, 0) is 43.0 Å². The number of carbonyl (C=O) groups is 2. The Morgan fingerprint density at radius 2 is 1.97 bits per heavy atom. The smallest absolute Gasteiger partial charge is 0.318 e. The Balaban J connectivity index is 1.35. The first kappa shape index (κ1) is 21.3. The van der Waals surface area contributed by atoms with Gasteiger partial charge >= 0.3 is 6.03 Å². The van der Waals surface area contributed by atoms with Gasteiger partial charge in [0.2, 0.25) is 5.01 Å². The molecular weight excluding hydrogens is 434 g/mol. The molecule has 31 heavy (non-hydrogen) atoms. The molecule has 1 saturated heterocycles. The zero-order chi connectivity index (χ0) is 21.6. The second-order valence-corrected chi connectivity index (χ2v) is 8.67. The molecule has 1 aromatic heterocycles. The SMILES string of the molecule is O=C(Nc1cccc(Cl)c1)c1nnc([C@H]2CCCN2C(=O)NCCc2ccccc2)s1. The number of nitrogens with zero attached hydrogens (tertiary/aromatic N) is 3. The molecule has 1 aliphatic rings. The molecule has 2 N–H and O–H groups in total. The van der Waals surface area contributed by atoms with Crippen LogP contribution in [-0.2, 0) is 6.42 Å². The lowest BCUT2D eigenvalue weighted by molar-refractivity contribution is 0.102. The van der Waals surface area contributed by atoms with E-state index in [9.17, 15) is 9.59 Å². The third-order valence-electron chi connectivity index (χ3n) is 5.05. The van der Waals surface area contributed by atoms with Gasteiger partial charge in [-0.3, -0.25) is 4.79 Å². The van der Waals surface area contributed by atoms with Gasteiger partial charge in [-0.15, -0.1) is 10.2 Å². The van der Waals surface area contributed by atoms with Gasteiger partial charge in [0.25, 0.3) is 5.91 Å². The minimum atomic E-state index is -0.345. The third-order valence-corrected chi connectivity index (χ3v) is 6.31. The third kappa shape index (κ3) is 5.39. The second kappa shape index (κ2) is 9.89. The Labute approximate surface area is 189 Å². The number of likely N-dealkylation sites (tertiary alicyclic amines) is 1. The van der Waals surface area contributed by atoms with Crippen LogP contribution in [0.5, 0.6) is 0 Å². The van der Waals surface area contributed by atoms with Crippen molar-refractivity contribution in [1.29, 1.82) is 0 Å². The number of carbonyl (C=O) groups excluding carboxylic acids is 2. The highest BCUT2D eigenvalue weighted by atomic mass is 35.5. The Morgan fingerprint density at radius 3 is 2.77 bits per heavy atom. The van der Waals surface area contributed by atoms with E-state index in [2.05, 4.69) is 20.8 Å². The van der Waals surface area contributed by atoms with Crippen molar-refractivity contribution in [2.45, 2.75) is 25.3 Å². The van der Waals surface area contributed by atoms with Crippen molar-refractivity contribution in [3.63, 3.8) is 0 Å². The van der Waals surface area contributed by atoms with Crippen LogP contribution in [0.2, 0.25) is 5.02 Å². The number of urea groups is 1. The number of rotatable bonds is 6. The van der Waals surface area contributed by atoms with E-state index < -0.39 is 0 Å². The number of aromatic nitrogens is 2. The number of nitrogens with one attached hydrogen (secondary N) is 2. The van der Waals surface area contributed by atoms with Crippen LogP contribution in [0.15, 0.2) is 54.6 Å². The van der Waals surface area contributed by atoms with Crippen LogP contribution in [0, 0.1) is 0 Å². The molecule has 0 bridgehead atoms. The molecule has 9 heteroatoms. The molecule has 1 fully saturated rings. The first-order chi connectivity index (χ1) is 15.1. The van der Waals surface area contributed by atoms with Crippen LogP contribution >= 0.6 is 22.9 Å². The van der Waals surface area contributed by atoms with E-state index in [1.54, 1.807) is 29.2 Å². The van der Waals surface area contributed by atoms with E-state index in [0.29, 0.717) is 28.8 Å². The maximum Gasteiger partial charge on any atom is 0.318 e. The molecule has 0 radical (unpaired) electrons. The highest BCUT2D eigenvalue weighted by Crippen LogP contribution is 2.33. The standard InChI is InChI=1S/C22H22ClN5O2S/c23-16-8-4-9-17(14-16)25-19(29)21-27-26-20(31-21)18-10-5-13-28(18)22(30)24-12-11-15-6-2-1-3-7-15/h1-4,6-9,14,18H,5,10-13H2,(H,24,30)(H,25,29)/t18-/m1/s1. The first-order valence-corrected chi connectivity index (χ1v) is 11.3. The van der Waals surface area contributed by atoms with Crippen molar-refractivity contribution in [2.24, 2.45) is 0 Å². The molecule has 3 amide bonds. The lowest BCUT2D eigenvalue weighted by Gasteiger charge is -2.23. The summed E-state index contributed by atoms with van der Waals surface area (Å²) in [6.07, 6.45) is 2.47. The molecule has 160 valence electrons. The number of benzene rings is 2. The fraction of sp³-hybridized carbons (Fsp3) is 0.273. The van der Waals surface area contributed by atoms with Gasteiger partial charge in [-0.1, -0.05) is 59.3 Å². The van der Waals surface area contributed by atoms with Crippen molar-refractivity contribution >= 4 is 40.6 Å². The van der Waals surface area contributed by atoms with Crippen molar-refractivity contribution in [1.82, 2.24) is 20.4 Å². The number of halogens is 1. The van der Waals surface area contributed by atoms with E-state index in [1.807, 2.05) is 30.3 Å². The van der Waals surface area contributed by atoms with Crippen molar-refractivity contribution < 1.29 is 9.59 Å². The minimum absolute atomic E-state index is 0.112. The largest absolute Gasteiger partial charge is 0.338 e. The molecule has 0 unspecified atom stereocenters. The van der Waals surface area contributed by atoms with Gasteiger partial charge < -0.3 is 15.5 Å². The summed E-state index contributed by atoms with van der Waals surface area (Å²) in [5, 5.41) is 15.5. The lowest BCUT2D eigenvalue weighted by Crippen LogP contribution is -2.40. The highest BCUT2D eigenvalue weighted by molar-refractivity contribution is 7.13. The van der Waals surface area contributed by atoms with Crippen LogP contribution in [-0.4, -0.2) is 40.1 Å². The van der Waals surface area contributed by atoms with Crippen LogP contribution in [0.25, 0.3) is 0 Å². The molecule has 2 heterocycles. The molecule has 7 nitrogen and oxygen atoms in total. The van der Waals surface area contributed by atoms with E-state index >= 15 is 0 Å². The van der Waals surface area contributed by atoms with Gasteiger partial charge in [-0.2, -0.15) is 0 Å². The number of hydrogen-bond donors (Lipinski definition) is 2. The highest BCUT2D eigenvalue weighted by Gasteiger charge is 2.33. The Kier molecular flexibility index (Phi) is 6.79. The fourth-order valence-corrected chi connectivity index (χ4v) is 4.61. The van der Waals surface area contributed by atoms with Crippen LogP contribution in [0.1, 0.15) is 39.3 Å². The maximum atomic E-state index is 12.7. The summed E-state index contributed by atoms with van der Waals surface area (Å²) in [7, 11) is 0. The van der Waals surface area contributed by atoms with E-state index in [-0.39, 0.29) is 23.0 Å². The van der Waals surface area contributed by atoms with Gasteiger partial charge in [-0.25, -0.2) is 4.79 Å². The van der Waals surface area contributed by atoms with Gasteiger partial charge in [0.15, 0.2) is 0 Å². The quantitative estimate of drug-likeness (QED) is 0.571. The minimum Gasteiger partial charge on any atom is -0.338 e. The first-order valence-electron chi connectivity index (χ1n) is 10.1. The number of amides is 3. The number of hydrogen-bond acceptors (Lipinski definition) is 5. The molecule has 1 atom stereocenters. The van der Waals surface area contributed by atoms with Crippen molar-refractivity contribution in [3.8, 4) is 0 Å². The van der Waals surface area contributed by atoms with Gasteiger partial charge in [0.05, 0.1) is 6.04 Å². The van der Waals surface area contributed by atoms with Gasteiger partial charge in [0.1, 0.15) is 5.01 Å². The molecule has 3 aromatic rings. The lowest BCUT2D eigenvalue weighted by atomic mass is 10.1. The summed E-state index contributed by atoms with van der Waals surface area (Å²) in [6, 6.07) is 16.7. The zero-order valence-electron chi connectivity index (χ0n) is 16.8. The monoisotopic (exact) mass is 455 g/mol. The molecule has 2 aromatic carbocycles. The van der Waals surface area contributed by atoms with E-state index in [4.69, 9.17) is 11.6 Å².